The molecule has 4 nitrogen and oxygen atoms in total. The molecule has 8 aromatic carbocycles. The number of aromatic nitrogens is 3. The van der Waals surface area contributed by atoms with E-state index in [4.69, 9.17) is 14.4 Å². The molecule has 248 valence electrons. The first-order chi connectivity index (χ1) is 26.2. The lowest BCUT2D eigenvalue weighted by Crippen LogP contribution is -1.96. The van der Waals surface area contributed by atoms with Crippen molar-refractivity contribution in [3.63, 3.8) is 0 Å². The highest BCUT2D eigenvalue weighted by Crippen LogP contribution is 2.34. The van der Waals surface area contributed by atoms with Gasteiger partial charge in [0.25, 0.3) is 0 Å². The molecule has 0 saturated carbocycles. The minimum atomic E-state index is 0.597. The van der Waals surface area contributed by atoms with Crippen molar-refractivity contribution in [3.05, 3.63) is 188 Å². The van der Waals surface area contributed by atoms with E-state index in [1.165, 1.54) is 32.7 Å². The second kappa shape index (κ2) is 12.9. The zero-order valence-corrected chi connectivity index (χ0v) is 28.6. The maximum absolute atomic E-state index is 6.04. The third-order valence-electron chi connectivity index (χ3n) is 9.96. The largest absolute Gasteiger partial charge is 0.436 e. The molecule has 0 spiro atoms. The average molecular weight is 678 g/mol. The van der Waals surface area contributed by atoms with Gasteiger partial charge < -0.3 is 4.42 Å². The smallest absolute Gasteiger partial charge is 0.227 e. The highest BCUT2D eigenvalue weighted by molar-refractivity contribution is 6.08. The Morgan fingerprint density at radius 3 is 1.58 bits per heavy atom. The van der Waals surface area contributed by atoms with Crippen LogP contribution < -0.4 is 0 Å². The predicted octanol–water partition coefficient (Wildman–Crippen LogP) is 12.9. The van der Waals surface area contributed by atoms with Crippen molar-refractivity contribution in [3.8, 4) is 67.6 Å². The van der Waals surface area contributed by atoms with E-state index < -0.39 is 0 Å². The number of oxazole rings is 1. The van der Waals surface area contributed by atoms with Crippen molar-refractivity contribution < 1.29 is 4.42 Å². The summed E-state index contributed by atoms with van der Waals surface area (Å²) in [5, 5.41) is 5.02. The molecule has 10 aromatic rings. The number of nitrogens with zero attached hydrogens (tertiary/aromatic N) is 3. The Balaban J connectivity index is 1.02. The number of fused-ring (bicyclic) bond motifs is 4. The fraction of sp³-hybridized carbons (Fsp3) is 0. The summed E-state index contributed by atoms with van der Waals surface area (Å²) in [4.78, 5) is 14.9. The van der Waals surface area contributed by atoms with Crippen molar-refractivity contribution >= 4 is 32.6 Å². The minimum Gasteiger partial charge on any atom is -0.436 e. The van der Waals surface area contributed by atoms with Gasteiger partial charge in [-0.3, -0.25) is 0 Å². The van der Waals surface area contributed by atoms with Crippen LogP contribution in [0.25, 0.3) is 100 Å². The Kier molecular flexibility index (Phi) is 7.43. The van der Waals surface area contributed by atoms with Crippen molar-refractivity contribution in [2.24, 2.45) is 0 Å². The minimum absolute atomic E-state index is 0.597. The van der Waals surface area contributed by atoms with Crippen LogP contribution in [0.1, 0.15) is 0 Å². The lowest BCUT2D eigenvalue weighted by atomic mass is 9.97. The molecular weight excluding hydrogens is 647 g/mol. The Hall–Kier alpha value is -7.17. The third-order valence-corrected chi connectivity index (χ3v) is 9.96. The molecule has 0 aliphatic heterocycles. The second-order valence-corrected chi connectivity index (χ2v) is 13.3. The molecule has 0 radical (unpaired) electrons. The van der Waals surface area contributed by atoms with Gasteiger partial charge in [0.15, 0.2) is 11.4 Å². The second-order valence-electron chi connectivity index (χ2n) is 13.3. The van der Waals surface area contributed by atoms with Gasteiger partial charge in [0.1, 0.15) is 5.52 Å². The van der Waals surface area contributed by atoms with E-state index >= 15 is 0 Å². The van der Waals surface area contributed by atoms with Crippen LogP contribution in [0.5, 0.6) is 0 Å². The molecule has 10 rings (SSSR count). The van der Waals surface area contributed by atoms with Gasteiger partial charge in [-0.1, -0.05) is 152 Å². The van der Waals surface area contributed by atoms with Crippen molar-refractivity contribution in [1.29, 1.82) is 0 Å². The Morgan fingerprint density at radius 2 is 0.849 bits per heavy atom. The van der Waals surface area contributed by atoms with Gasteiger partial charge in [-0.05, 0) is 80.2 Å². The van der Waals surface area contributed by atoms with Crippen LogP contribution in [0.2, 0.25) is 0 Å². The van der Waals surface area contributed by atoms with Gasteiger partial charge in [0, 0.05) is 22.3 Å². The highest BCUT2D eigenvalue weighted by atomic mass is 16.3. The van der Waals surface area contributed by atoms with E-state index in [1.807, 2.05) is 42.5 Å². The topological polar surface area (TPSA) is 51.8 Å². The van der Waals surface area contributed by atoms with Crippen molar-refractivity contribution in [2.75, 3.05) is 0 Å². The van der Waals surface area contributed by atoms with Gasteiger partial charge in [0.2, 0.25) is 5.89 Å². The quantitative estimate of drug-likeness (QED) is 0.164. The van der Waals surface area contributed by atoms with Crippen molar-refractivity contribution in [2.45, 2.75) is 0 Å². The lowest BCUT2D eigenvalue weighted by molar-refractivity contribution is 0.620. The van der Waals surface area contributed by atoms with Crippen LogP contribution in [-0.2, 0) is 0 Å². The van der Waals surface area contributed by atoms with E-state index in [1.54, 1.807) is 0 Å². The summed E-state index contributed by atoms with van der Waals surface area (Å²) >= 11 is 0. The van der Waals surface area contributed by atoms with E-state index in [0.29, 0.717) is 11.7 Å². The summed E-state index contributed by atoms with van der Waals surface area (Å²) in [5.41, 5.74) is 11.8. The monoisotopic (exact) mass is 677 g/mol. The molecule has 0 atom stereocenters. The SMILES string of the molecule is c1ccc(-c2ccc(-c3cc(-c4ccc(-c5nc6ccccc6o5)cc4)nc(-c4ccc(-c5ccc6c(ccc7ccccc76)c5)cc4)n3)cc2)cc1. The molecule has 2 aromatic heterocycles. The molecule has 2 heterocycles. The number of hydrogen-bond acceptors (Lipinski definition) is 4. The molecule has 0 saturated heterocycles. The molecule has 53 heavy (non-hydrogen) atoms. The number of para-hydroxylation sites is 2. The summed E-state index contributed by atoms with van der Waals surface area (Å²) < 4.78 is 6.04. The zero-order valence-electron chi connectivity index (χ0n) is 28.6. The van der Waals surface area contributed by atoms with Crippen LogP contribution >= 0.6 is 0 Å². The van der Waals surface area contributed by atoms with Crippen LogP contribution in [0, 0.1) is 0 Å². The van der Waals surface area contributed by atoms with E-state index in [0.717, 1.165) is 55.9 Å². The van der Waals surface area contributed by atoms with Crippen molar-refractivity contribution in [1.82, 2.24) is 15.0 Å². The van der Waals surface area contributed by atoms with Crippen LogP contribution in [-0.4, -0.2) is 15.0 Å². The first kappa shape index (κ1) is 30.6. The Labute approximate surface area is 306 Å². The summed E-state index contributed by atoms with van der Waals surface area (Å²) in [6.45, 7) is 0. The fourth-order valence-corrected chi connectivity index (χ4v) is 7.12. The fourth-order valence-electron chi connectivity index (χ4n) is 7.12. The van der Waals surface area contributed by atoms with E-state index in [9.17, 15) is 0 Å². The number of hydrogen-bond donors (Lipinski definition) is 0. The number of rotatable bonds is 6. The maximum Gasteiger partial charge on any atom is 0.227 e. The average Bonchev–Trinajstić information content (AvgIpc) is 3.68. The Morgan fingerprint density at radius 1 is 0.321 bits per heavy atom. The van der Waals surface area contributed by atoms with Crippen LogP contribution in [0.4, 0.5) is 0 Å². The molecule has 0 bridgehead atoms. The molecule has 0 aliphatic carbocycles. The molecule has 0 N–H and O–H groups in total. The first-order valence-corrected chi connectivity index (χ1v) is 17.8. The summed E-state index contributed by atoms with van der Waals surface area (Å²) in [7, 11) is 0. The van der Waals surface area contributed by atoms with Gasteiger partial charge in [-0.25, -0.2) is 15.0 Å². The van der Waals surface area contributed by atoms with Crippen LogP contribution in [0.3, 0.4) is 0 Å². The van der Waals surface area contributed by atoms with Gasteiger partial charge in [-0.15, -0.1) is 0 Å². The van der Waals surface area contributed by atoms with E-state index in [2.05, 4.69) is 151 Å². The van der Waals surface area contributed by atoms with E-state index in [-0.39, 0.29) is 0 Å². The molecule has 0 amide bonds. The summed E-state index contributed by atoms with van der Waals surface area (Å²) in [6.07, 6.45) is 0. The molecule has 0 unspecified atom stereocenters. The molecule has 4 heteroatoms. The lowest BCUT2D eigenvalue weighted by Gasteiger charge is -2.11. The van der Waals surface area contributed by atoms with Gasteiger partial charge in [0.05, 0.1) is 11.4 Å². The maximum atomic E-state index is 6.04. The predicted molar refractivity (Wildman–Crippen MR) is 217 cm³/mol. The first-order valence-electron chi connectivity index (χ1n) is 17.8. The molecular formula is C49H31N3O. The van der Waals surface area contributed by atoms with Crippen LogP contribution in [0.15, 0.2) is 192 Å². The summed E-state index contributed by atoms with van der Waals surface area (Å²) in [5.74, 6) is 1.27. The molecule has 0 fully saturated rings. The third kappa shape index (κ3) is 5.82. The number of benzene rings is 8. The normalized spacial score (nSPS) is 11.4. The zero-order chi connectivity index (χ0) is 35.1. The Bertz CT molecular complexity index is 2880. The standard InChI is InChI=1S/C49H31N3O/c1-2-8-32(9-3-1)33-14-19-36(20-15-33)45-31-46(37-21-25-39(26-22-37)49-52-44-12-6-7-13-47(44)53-49)51-48(50-45)38-23-16-34(17-24-38)40-28-29-43-41(30-40)27-18-35-10-4-5-11-42(35)43/h1-31H. The summed E-state index contributed by atoms with van der Waals surface area (Å²) in [6, 6.07) is 65.4. The molecule has 0 aliphatic rings. The highest BCUT2D eigenvalue weighted by Gasteiger charge is 2.14. The van der Waals surface area contributed by atoms with Gasteiger partial charge in [-0.2, -0.15) is 0 Å². The van der Waals surface area contributed by atoms with Gasteiger partial charge >= 0.3 is 0 Å².